The fourth-order valence-corrected chi connectivity index (χ4v) is 3.43. The number of likely N-dealkylation sites (tertiary alicyclic amines) is 1. The number of methoxy groups -OCH3 is 2. The molecule has 29 heavy (non-hydrogen) atoms. The van der Waals surface area contributed by atoms with Gasteiger partial charge in [0.25, 0.3) is 5.91 Å². The fourth-order valence-electron chi connectivity index (χ4n) is 3.43. The maximum absolute atomic E-state index is 12.4. The van der Waals surface area contributed by atoms with Crippen molar-refractivity contribution in [2.75, 3.05) is 27.3 Å². The molecule has 1 N–H and O–H groups in total. The Morgan fingerprint density at radius 2 is 1.55 bits per heavy atom. The number of hydrogen-bond donors (Lipinski definition) is 1. The van der Waals surface area contributed by atoms with E-state index in [2.05, 4.69) is 5.32 Å². The van der Waals surface area contributed by atoms with Crippen LogP contribution in [0.3, 0.4) is 0 Å². The molecular weight excluding hydrogens is 368 g/mol. The van der Waals surface area contributed by atoms with Gasteiger partial charge in [-0.05, 0) is 54.7 Å². The third-order valence-corrected chi connectivity index (χ3v) is 5.14. The van der Waals surface area contributed by atoms with E-state index in [0.717, 1.165) is 37.1 Å². The zero-order valence-electron chi connectivity index (χ0n) is 17.1. The van der Waals surface area contributed by atoms with Crippen molar-refractivity contribution in [2.45, 2.75) is 32.2 Å². The number of nitrogens with zero attached hydrogens (tertiary/aromatic N) is 1. The first-order valence-corrected chi connectivity index (χ1v) is 9.96. The molecule has 0 unspecified atom stereocenters. The van der Waals surface area contributed by atoms with Gasteiger partial charge in [-0.15, -0.1) is 0 Å². The Balaban J connectivity index is 1.47. The van der Waals surface area contributed by atoms with Crippen molar-refractivity contribution in [2.24, 2.45) is 0 Å². The summed E-state index contributed by atoms with van der Waals surface area (Å²) in [6.45, 7) is 2.13. The summed E-state index contributed by atoms with van der Waals surface area (Å²) in [6, 6.07) is 13.1. The number of nitrogens with one attached hydrogen (secondary N) is 1. The van der Waals surface area contributed by atoms with Crippen LogP contribution in [-0.2, 0) is 17.8 Å². The predicted octanol–water partition coefficient (Wildman–Crippen LogP) is 3.19. The van der Waals surface area contributed by atoms with Crippen molar-refractivity contribution in [1.82, 2.24) is 10.2 Å². The van der Waals surface area contributed by atoms with E-state index in [1.807, 2.05) is 47.4 Å². The topological polar surface area (TPSA) is 67.9 Å². The molecule has 0 bridgehead atoms. The van der Waals surface area contributed by atoms with Gasteiger partial charge in [0.2, 0.25) is 5.91 Å². The SMILES string of the molecule is COc1cc(CCC(=O)NCc2ccc(C(=O)N3CCCC3)cc2)cc(OC)c1. The summed E-state index contributed by atoms with van der Waals surface area (Å²) >= 11 is 0. The largest absolute Gasteiger partial charge is 0.497 e. The first kappa shape index (κ1) is 20.7. The molecule has 0 aromatic heterocycles. The van der Waals surface area contributed by atoms with Crippen LogP contribution in [0.5, 0.6) is 11.5 Å². The van der Waals surface area contributed by atoms with Crippen molar-refractivity contribution in [1.29, 1.82) is 0 Å². The molecule has 1 aliphatic heterocycles. The van der Waals surface area contributed by atoms with Crippen LogP contribution in [0.2, 0.25) is 0 Å². The van der Waals surface area contributed by atoms with Crippen LogP contribution in [0.15, 0.2) is 42.5 Å². The summed E-state index contributed by atoms with van der Waals surface area (Å²) in [5.74, 6) is 1.49. The molecule has 2 aromatic carbocycles. The molecule has 0 radical (unpaired) electrons. The molecule has 0 aliphatic carbocycles. The fraction of sp³-hybridized carbons (Fsp3) is 0.391. The Hall–Kier alpha value is -3.02. The molecule has 3 rings (SSSR count). The third-order valence-electron chi connectivity index (χ3n) is 5.14. The zero-order valence-corrected chi connectivity index (χ0v) is 17.1. The maximum atomic E-state index is 12.4. The Morgan fingerprint density at radius 1 is 0.931 bits per heavy atom. The van der Waals surface area contributed by atoms with Crippen LogP contribution in [-0.4, -0.2) is 44.0 Å². The Labute approximate surface area is 171 Å². The molecule has 154 valence electrons. The monoisotopic (exact) mass is 396 g/mol. The number of carbonyl (C=O) groups excluding carboxylic acids is 2. The number of benzene rings is 2. The lowest BCUT2D eigenvalue weighted by molar-refractivity contribution is -0.121. The number of carbonyl (C=O) groups is 2. The molecule has 0 saturated carbocycles. The molecule has 2 amide bonds. The molecule has 6 nitrogen and oxygen atoms in total. The Kier molecular flexibility index (Phi) is 7.11. The standard InChI is InChI=1S/C23H28N2O4/c1-28-20-13-18(14-21(15-20)29-2)7-10-22(26)24-16-17-5-8-19(9-6-17)23(27)25-11-3-4-12-25/h5-6,8-9,13-15H,3-4,7,10-12,16H2,1-2H3,(H,24,26). The van der Waals surface area contributed by atoms with E-state index < -0.39 is 0 Å². The minimum Gasteiger partial charge on any atom is -0.497 e. The highest BCUT2D eigenvalue weighted by molar-refractivity contribution is 5.94. The van der Waals surface area contributed by atoms with Crippen molar-refractivity contribution in [3.05, 3.63) is 59.2 Å². The first-order valence-electron chi connectivity index (χ1n) is 9.96. The number of rotatable bonds is 8. The van der Waals surface area contributed by atoms with Crippen LogP contribution >= 0.6 is 0 Å². The molecule has 1 fully saturated rings. The van der Waals surface area contributed by atoms with Gasteiger partial charge in [-0.3, -0.25) is 9.59 Å². The zero-order chi connectivity index (χ0) is 20.6. The van der Waals surface area contributed by atoms with Crippen molar-refractivity contribution in [3.63, 3.8) is 0 Å². The lowest BCUT2D eigenvalue weighted by Crippen LogP contribution is -2.27. The van der Waals surface area contributed by atoms with Gasteiger partial charge in [-0.25, -0.2) is 0 Å². The molecular formula is C23H28N2O4. The van der Waals surface area contributed by atoms with Crippen LogP contribution in [0.25, 0.3) is 0 Å². The van der Waals surface area contributed by atoms with Crippen LogP contribution in [0.1, 0.15) is 40.7 Å². The minimum atomic E-state index is -0.0241. The smallest absolute Gasteiger partial charge is 0.253 e. The minimum absolute atomic E-state index is 0.0241. The lowest BCUT2D eigenvalue weighted by atomic mass is 10.1. The maximum Gasteiger partial charge on any atom is 0.253 e. The van der Waals surface area contributed by atoms with E-state index in [4.69, 9.17) is 9.47 Å². The first-order chi connectivity index (χ1) is 14.1. The third kappa shape index (κ3) is 5.73. The molecule has 1 heterocycles. The second kappa shape index (κ2) is 9.96. The van der Waals surface area contributed by atoms with Crippen molar-refractivity contribution < 1.29 is 19.1 Å². The Bertz CT molecular complexity index is 820. The molecule has 6 heteroatoms. The van der Waals surface area contributed by atoms with Gasteiger partial charge >= 0.3 is 0 Å². The van der Waals surface area contributed by atoms with Crippen molar-refractivity contribution >= 4 is 11.8 Å². The summed E-state index contributed by atoms with van der Waals surface area (Å²) in [4.78, 5) is 26.5. The summed E-state index contributed by atoms with van der Waals surface area (Å²) in [7, 11) is 3.21. The molecule has 1 aliphatic rings. The van der Waals surface area contributed by atoms with E-state index in [0.29, 0.717) is 36.4 Å². The Morgan fingerprint density at radius 3 is 2.14 bits per heavy atom. The highest BCUT2D eigenvalue weighted by atomic mass is 16.5. The average molecular weight is 396 g/mol. The number of amides is 2. The van der Waals surface area contributed by atoms with Gasteiger partial charge in [0.1, 0.15) is 11.5 Å². The highest BCUT2D eigenvalue weighted by Gasteiger charge is 2.19. The van der Waals surface area contributed by atoms with Gasteiger partial charge in [0.15, 0.2) is 0 Å². The number of aryl methyl sites for hydroxylation is 1. The van der Waals surface area contributed by atoms with Gasteiger partial charge < -0.3 is 19.7 Å². The second-order valence-corrected chi connectivity index (χ2v) is 7.19. The highest BCUT2D eigenvalue weighted by Crippen LogP contribution is 2.23. The number of hydrogen-bond acceptors (Lipinski definition) is 4. The van der Waals surface area contributed by atoms with Crippen LogP contribution in [0, 0.1) is 0 Å². The van der Waals surface area contributed by atoms with Gasteiger partial charge in [-0.2, -0.15) is 0 Å². The summed E-state index contributed by atoms with van der Waals surface area (Å²) in [6.07, 6.45) is 3.14. The molecule has 0 spiro atoms. The quantitative estimate of drug-likeness (QED) is 0.744. The number of ether oxygens (including phenoxy) is 2. The molecule has 1 saturated heterocycles. The van der Waals surface area contributed by atoms with E-state index in [-0.39, 0.29) is 11.8 Å². The van der Waals surface area contributed by atoms with Gasteiger partial charge in [0, 0.05) is 37.7 Å². The summed E-state index contributed by atoms with van der Waals surface area (Å²) < 4.78 is 10.5. The van der Waals surface area contributed by atoms with E-state index in [1.165, 1.54) is 0 Å². The van der Waals surface area contributed by atoms with Gasteiger partial charge in [-0.1, -0.05) is 12.1 Å². The van der Waals surface area contributed by atoms with E-state index >= 15 is 0 Å². The second-order valence-electron chi connectivity index (χ2n) is 7.19. The summed E-state index contributed by atoms with van der Waals surface area (Å²) in [5, 5.41) is 2.93. The molecule has 0 atom stereocenters. The average Bonchev–Trinajstić information content (AvgIpc) is 3.30. The lowest BCUT2D eigenvalue weighted by Gasteiger charge is -2.15. The predicted molar refractivity (Wildman–Crippen MR) is 111 cm³/mol. The normalized spacial score (nSPS) is 13.2. The van der Waals surface area contributed by atoms with Crippen molar-refractivity contribution in [3.8, 4) is 11.5 Å². The van der Waals surface area contributed by atoms with Crippen LogP contribution in [0.4, 0.5) is 0 Å². The van der Waals surface area contributed by atoms with E-state index in [9.17, 15) is 9.59 Å². The van der Waals surface area contributed by atoms with Crippen LogP contribution < -0.4 is 14.8 Å². The summed E-state index contributed by atoms with van der Waals surface area (Å²) in [5.41, 5.74) is 2.66. The van der Waals surface area contributed by atoms with Gasteiger partial charge in [0.05, 0.1) is 14.2 Å². The molecule has 2 aromatic rings. The van der Waals surface area contributed by atoms with E-state index in [1.54, 1.807) is 14.2 Å².